The first kappa shape index (κ1) is 11.6. The van der Waals surface area contributed by atoms with Gasteiger partial charge >= 0.3 is 5.97 Å². The van der Waals surface area contributed by atoms with Crippen LogP contribution in [0.4, 0.5) is 0 Å². The Labute approximate surface area is 96.2 Å². The summed E-state index contributed by atoms with van der Waals surface area (Å²) < 4.78 is 0. The number of ketones is 1. The lowest BCUT2D eigenvalue weighted by Gasteiger charge is -2.57. The van der Waals surface area contributed by atoms with Crippen molar-refractivity contribution in [3.63, 3.8) is 0 Å². The summed E-state index contributed by atoms with van der Waals surface area (Å²) in [5, 5.41) is 8.82. The number of carboxylic acids is 1. The number of aliphatic carboxylic acids is 1. The summed E-state index contributed by atoms with van der Waals surface area (Å²) >= 11 is 0. The van der Waals surface area contributed by atoms with Gasteiger partial charge in [0.05, 0.1) is 5.92 Å². The third kappa shape index (κ3) is 1.76. The monoisotopic (exact) mass is 224 g/mol. The van der Waals surface area contributed by atoms with Crippen molar-refractivity contribution in [1.82, 2.24) is 0 Å². The molecule has 0 bridgehead atoms. The average Bonchev–Trinajstić information content (AvgIpc) is 1.95. The predicted molar refractivity (Wildman–Crippen MR) is 60.0 cm³/mol. The zero-order chi connectivity index (χ0) is 12.1. The first-order chi connectivity index (χ1) is 7.23. The maximum Gasteiger partial charge on any atom is 0.306 e. The van der Waals surface area contributed by atoms with Gasteiger partial charge < -0.3 is 5.11 Å². The van der Waals surface area contributed by atoms with Crippen LogP contribution in [-0.2, 0) is 9.59 Å². The highest BCUT2D eigenvalue weighted by Gasteiger charge is 2.57. The summed E-state index contributed by atoms with van der Waals surface area (Å²) in [5.74, 6) is -0.284. The Bertz CT molecular complexity index is 324. The van der Waals surface area contributed by atoms with Crippen LogP contribution in [0, 0.1) is 22.7 Å². The zero-order valence-electron chi connectivity index (χ0n) is 10.2. The minimum absolute atomic E-state index is 0.148. The lowest BCUT2D eigenvalue weighted by atomic mass is 9.46. The molecule has 3 heteroatoms. The summed E-state index contributed by atoms with van der Waals surface area (Å²) in [6.45, 7) is 5.88. The molecule has 0 aromatic carbocycles. The molecule has 1 N–H and O–H groups in total. The Balaban J connectivity index is 1.84. The van der Waals surface area contributed by atoms with E-state index in [1.54, 1.807) is 0 Å². The standard InChI is InChI=1S/C13H20O3/c1-12(2,3)10(14)8-4-13(5-8)6-9(7-13)11(15)16/h8-9H,4-7H2,1-3H3,(H,15,16). The highest BCUT2D eigenvalue weighted by Crippen LogP contribution is 2.62. The molecule has 2 saturated carbocycles. The van der Waals surface area contributed by atoms with E-state index in [1.165, 1.54) is 0 Å². The van der Waals surface area contributed by atoms with E-state index in [1.807, 2.05) is 20.8 Å². The number of carboxylic acid groups (broad SMARTS) is 1. The quantitative estimate of drug-likeness (QED) is 0.784. The van der Waals surface area contributed by atoms with Crippen LogP contribution in [0.25, 0.3) is 0 Å². The van der Waals surface area contributed by atoms with E-state index >= 15 is 0 Å². The van der Waals surface area contributed by atoms with Gasteiger partial charge in [0.15, 0.2) is 0 Å². The summed E-state index contributed by atoms with van der Waals surface area (Å²) in [4.78, 5) is 22.7. The molecule has 2 aliphatic carbocycles. The maximum absolute atomic E-state index is 12.0. The van der Waals surface area contributed by atoms with Crippen LogP contribution in [0.3, 0.4) is 0 Å². The van der Waals surface area contributed by atoms with E-state index in [-0.39, 0.29) is 22.7 Å². The number of Topliss-reactive ketones (excluding diaryl/α,β-unsaturated/α-hetero) is 1. The van der Waals surface area contributed by atoms with E-state index in [4.69, 9.17) is 5.11 Å². The van der Waals surface area contributed by atoms with Crippen LogP contribution in [0.2, 0.25) is 0 Å². The van der Waals surface area contributed by atoms with Crippen molar-refractivity contribution in [1.29, 1.82) is 0 Å². The number of hydrogen-bond acceptors (Lipinski definition) is 2. The molecule has 0 aromatic heterocycles. The number of rotatable bonds is 2. The molecule has 0 aromatic rings. The second-order valence-corrected chi connectivity index (χ2v) is 6.66. The fourth-order valence-electron chi connectivity index (χ4n) is 3.28. The molecule has 0 radical (unpaired) electrons. The van der Waals surface area contributed by atoms with E-state index < -0.39 is 5.97 Å². The lowest BCUT2D eigenvalue weighted by Crippen LogP contribution is -2.53. The zero-order valence-corrected chi connectivity index (χ0v) is 10.2. The highest BCUT2D eigenvalue weighted by molar-refractivity contribution is 5.87. The lowest BCUT2D eigenvalue weighted by molar-refractivity contribution is -0.162. The average molecular weight is 224 g/mol. The van der Waals surface area contributed by atoms with Gasteiger partial charge in [-0.2, -0.15) is 0 Å². The third-order valence-electron chi connectivity index (χ3n) is 4.18. The molecular weight excluding hydrogens is 204 g/mol. The van der Waals surface area contributed by atoms with Gasteiger partial charge in [0.2, 0.25) is 0 Å². The van der Waals surface area contributed by atoms with E-state index in [2.05, 4.69) is 0 Å². The van der Waals surface area contributed by atoms with Crippen LogP contribution in [0.1, 0.15) is 46.5 Å². The minimum atomic E-state index is -0.670. The first-order valence-electron chi connectivity index (χ1n) is 6.01. The van der Waals surface area contributed by atoms with Crippen molar-refractivity contribution in [3.8, 4) is 0 Å². The molecule has 2 rings (SSSR count). The molecule has 90 valence electrons. The molecule has 0 atom stereocenters. The molecule has 2 fully saturated rings. The third-order valence-corrected chi connectivity index (χ3v) is 4.18. The summed E-state index contributed by atoms with van der Waals surface area (Å²) in [7, 11) is 0. The molecule has 0 amide bonds. The molecule has 0 unspecified atom stereocenters. The maximum atomic E-state index is 12.0. The van der Waals surface area contributed by atoms with Gasteiger partial charge in [-0.1, -0.05) is 20.8 Å². The van der Waals surface area contributed by atoms with Gasteiger partial charge in [0.1, 0.15) is 5.78 Å². The Kier molecular flexibility index (Phi) is 2.41. The molecule has 0 heterocycles. The fourth-order valence-corrected chi connectivity index (χ4v) is 3.28. The van der Waals surface area contributed by atoms with Crippen molar-refractivity contribution >= 4 is 11.8 Å². The Morgan fingerprint density at radius 3 is 1.88 bits per heavy atom. The van der Waals surface area contributed by atoms with Crippen LogP contribution in [0.15, 0.2) is 0 Å². The summed E-state index contributed by atoms with van der Waals surface area (Å²) in [6, 6.07) is 0. The van der Waals surface area contributed by atoms with Crippen LogP contribution < -0.4 is 0 Å². The van der Waals surface area contributed by atoms with Gasteiger partial charge in [-0.25, -0.2) is 0 Å². The normalized spacial score (nSPS) is 37.7. The molecule has 0 aliphatic heterocycles. The predicted octanol–water partition coefficient (Wildman–Crippen LogP) is 2.49. The molecule has 2 aliphatic rings. The Morgan fingerprint density at radius 1 is 1.06 bits per heavy atom. The van der Waals surface area contributed by atoms with Gasteiger partial charge in [0.25, 0.3) is 0 Å². The van der Waals surface area contributed by atoms with E-state index in [9.17, 15) is 9.59 Å². The second-order valence-electron chi connectivity index (χ2n) is 6.66. The van der Waals surface area contributed by atoms with Gasteiger partial charge in [-0.3, -0.25) is 9.59 Å². The van der Waals surface area contributed by atoms with Gasteiger partial charge in [0, 0.05) is 11.3 Å². The SMILES string of the molecule is CC(C)(C)C(=O)C1CC2(CC(C(=O)O)C2)C1. The molecule has 1 spiro atoms. The minimum Gasteiger partial charge on any atom is -0.481 e. The topological polar surface area (TPSA) is 54.4 Å². The summed E-state index contributed by atoms with van der Waals surface area (Å²) in [5.41, 5.74) is -0.0309. The smallest absolute Gasteiger partial charge is 0.306 e. The second kappa shape index (κ2) is 3.31. The van der Waals surface area contributed by atoms with Gasteiger partial charge in [-0.15, -0.1) is 0 Å². The molecular formula is C13H20O3. The largest absolute Gasteiger partial charge is 0.481 e. The highest BCUT2D eigenvalue weighted by atomic mass is 16.4. The van der Waals surface area contributed by atoms with E-state index in [0.717, 1.165) is 25.7 Å². The van der Waals surface area contributed by atoms with Gasteiger partial charge in [-0.05, 0) is 31.1 Å². The van der Waals surface area contributed by atoms with Crippen molar-refractivity contribution in [2.24, 2.45) is 22.7 Å². The fraction of sp³-hybridized carbons (Fsp3) is 0.846. The molecule has 3 nitrogen and oxygen atoms in total. The van der Waals surface area contributed by atoms with Crippen molar-refractivity contribution in [2.75, 3.05) is 0 Å². The van der Waals surface area contributed by atoms with Crippen molar-refractivity contribution in [2.45, 2.75) is 46.5 Å². The molecule has 16 heavy (non-hydrogen) atoms. The molecule has 0 saturated heterocycles. The van der Waals surface area contributed by atoms with Crippen LogP contribution in [-0.4, -0.2) is 16.9 Å². The van der Waals surface area contributed by atoms with Crippen molar-refractivity contribution < 1.29 is 14.7 Å². The Hall–Kier alpha value is -0.860. The van der Waals surface area contributed by atoms with Crippen molar-refractivity contribution in [3.05, 3.63) is 0 Å². The number of hydrogen-bond donors (Lipinski definition) is 1. The Morgan fingerprint density at radius 2 is 1.50 bits per heavy atom. The first-order valence-corrected chi connectivity index (χ1v) is 6.01. The van der Waals surface area contributed by atoms with Crippen LogP contribution in [0.5, 0.6) is 0 Å². The number of carbonyl (C=O) groups is 2. The number of carbonyl (C=O) groups excluding carboxylic acids is 1. The van der Waals surface area contributed by atoms with Crippen LogP contribution >= 0.6 is 0 Å². The summed E-state index contributed by atoms with van der Waals surface area (Å²) in [6.07, 6.45) is 3.42. The van der Waals surface area contributed by atoms with E-state index in [0.29, 0.717) is 5.78 Å².